The minimum absolute atomic E-state index is 0.363. The van der Waals surface area contributed by atoms with Crippen molar-refractivity contribution in [2.45, 2.75) is 40.3 Å². The van der Waals surface area contributed by atoms with Crippen LogP contribution in [0.15, 0.2) is 30.5 Å². The molecule has 2 rings (SSSR count). The minimum atomic E-state index is 0.363. The van der Waals surface area contributed by atoms with E-state index in [1.807, 2.05) is 0 Å². The number of para-hydroxylation sites is 1. The third kappa shape index (κ3) is 4.58. The Hall–Kier alpha value is -1.32. The van der Waals surface area contributed by atoms with Gasteiger partial charge in [0.1, 0.15) is 0 Å². The topological polar surface area (TPSA) is 26.2 Å². The van der Waals surface area contributed by atoms with E-state index in [0.29, 0.717) is 5.41 Å². The lowest BCUT2D eigenvalue weighted by molar-refractivity contribution is 0.199. The maximum atomic E-state index is 5.08. The number of ether oxygens (including phenoxy) is 1. The molecule has 0 aliphatic carbocycles. The standard InChI is InChI=1S/C18H28N2O/c1-18(2,3)9-12-20-11-8-15-6-5-7-16(17(15)20)14-19-10-13-21-4/h5-8,11,19H,9-10,12-14H2,1-4H3. The first-order valence-corrected chi connectivity index (χ1v) is 7.78. The summed E-state index contributed by atoms with van der Waals surface area (Å²) >= 11 is 0. The molecule has 0 atom stereocenters. The molecule has 3 nitrogen and oxygen atoms in total. The molecule has 116 valence electrons. The predicted molar refractivity (Wildman–Crippen MR) is 89.6 cm³/mol. The van der Waals surface area contributed by atoms with E-state index in [1.165, 1.54) is 22.9 Å². The third-order valence-electron chi connectivity index (χ3n) is 3.77. The summed E-state index contributed by atoms with van der Waals surface area (Å²) in [5.74, 6) is 0. The Morgan fingerprint density at radius 1 is 1.19 bits per heavy atom. The molecule has 0 unspecified atom stereocenters. The molecule has 0 radical (unpaired) electrons. The van der Waals surface area contributed by atoms with Crippen LogP contribution < -0.4 is 5.32 Å². The highest BCUT2D eigenvalue weighted by atomic mass is 16.5. The fraction of sp³-hybridized carbons (Fsp3) is 0.556. The van der Waals surface area contributed by atoms with Crippen molar-refractivity contribution >= 4 is 10.9 Å². The van der Waals surface area contributed by atoms with Gasteiger partial charge in [0.15, 0.2) is 0 Å². The third-order valence-corrected chi connectivity index (χ3v) is 3.77. The number of rotatable bonds is 7. The number of hydrogen-bond acceptors (Lipinski definition) is 2. The Morgan fingerprint density at radius 2 is 2.00 bits per heavy atom. The van der Waals surface area contributed by atoms with Gasteiger partial charge in [0.05, 0.1) is 12.1 Å². The molecule has 0 saturated heterocycles. The van der Waals surface area contributed by atoms with Gasteiger partial charge in [-0.25, -0.2) is 0 Å². The van der Waals surface area contributed by atoms with Gasteiger partial charge in [-0.15, -0.1) is 0 Å². The maximum absolute atomic E-state index is 5.08. The van der Waals surface area contributed by atoms with Gasteiger partial charge in [-0.05, 0) is 28.9 Å². The summed E-state index contributed by atoms with van der Waals surface area (Å²) < 4.78 is 7.48. The fourth-order valence-electron chi connectivity index (χ4n) is 2.52. The van der Waals surface area contributed by atoms with E-state index in [2.05, 4.69) is 61.1 Å². The summed E-state index contributed by atoms with van der Waals surface area (Å²) in [5.41, 5.74) is 3.09. The highest BCUT2D eigenvalue weighted by Crippen LogP contribution is 2.24. The molecule has 0 aliphatic rings. The van der Waals surface area contributed by atoms with Crippen LogP contribution in [0.3, 0.4) is 0 Å². The smallest absolute Gasteiger partial charge is 0.0587 e. The van der Waals surface area contributed by atoms with Crippen molar-refractivity contribution in [3.05, 3.63) is 36.0 Å². The highest BCUT2D eigenvalue weighted by Gasteiger charge is 2.12. The van der Waals surface area contributed by atoms with E-state index >= 15 is 0 Å². The number of nitrogens with zero attached hydrogens (tertiary/aromatic N) is 1. The van der Waals surface area contributed by atoms with Crippen molar-refractivity contribution in [1.29, 1.82) is 0 Å². The molecule has 0 fully saturated rings. The second kappa shape index (κ2) is 7.10. The Balaban J connectivity index is 2.15. The normalized spacial score (nSPS) is 12.2. The molecule has 21 heavy (non-hydrogen) atoms. The Morgan fingerprint density at radius 3 is 2.71 bits per heavy atom. The van der Waals surface area contributed by atoms with Crippen LogP contribution in [0, 0.1) is 5.41 Å². The zero-order valence-corrected chi connectivity index (χ0v) is 13.8. The van der Waals surface area contributed by atoms with Crippen molar-refractivity contribution in [2.24, 2.45) is 5.41 Å². The van der Waals surface area contributed by atoms with Crippen LogP contribution in [0.25, 0.3) is 10.9 Å². The number of aromatic nitrogens is 1. The predicted octanol–water partition coefficient (Wildman–Crippen LogP) is 3.81. The largest absolute Gasteiger partial charge is 0.383 e. The molecule has 0 bridgehead atoms. The minimum Gasteiger partial charge on any atom is -0.383 e. The highest BCUT2D eigenvalue weighted by molar-refractivity contribution is 5.83. The number of nitrogens with one attached hydrogen (secondary N) is 1. The fourth-order valence-corrected chi connectivity index (χ4v) is 2.52. The van der Waals surface area contributed by atoms with Crippen molar-refractivity contribution in [3.8, 4) is 0 Å². The summed E-state index contributed by atoms with van der Waals surface area (Å²) in [7, 11) is 1.74. The molecule has 1 aromatic heterocycles. The van der Waals surface area contributed by atoms with Gasteiger partial charge >= 0.3 is 0 Å². The van der Waals surface area contributed by atoms with Gasteiger partial charge in [-0.3, -0.25) is 0 Å². The molecule has 3 heteroatoms. The lowest BCUT2D eigenvalue weighted by atomic mass is 9.92. The average molecular weight is 288 g/mol. The maximum Gasteiger partial charge on any atom is 0.0587 e. The molecule has 0 amide bonds. The summed E-state index contributed by atoms with van der Waals surface area (Å²) in [6.07, 6.45) is 3.40. The van der Waals surface area contributed by atoms with Gasteiger partial charge < -0.3 is 14.6 Å². The van der Waals surface area contributed by atoms with Gasteiger partial charge in [0.25, 0.3) is 0 Å². The van der Waals surface area contributed by atoms with Crippen LogP contribution in [-0.4, -0.2) is 24.8 Å². The lowest BCUT2D eigenvalue weighted by Gasteiger charge is -2.19. The second-order valence-corrected chi connectivity index (χ2v) is 6.84. The zero-order valence-electron chi connectivity index (χ0n) is 13.8. The van der Waals surface area contributed by atoms with Gasteiger partial charge in [0, 0.05) is 32.9 Å². The van der Waals surface area contributed by atoms with Gasteiger partial charge in [-0.1, -0.05) is 39.0 Å². The summed E-state index contributed by atoms with van der Waals surface area (Å²) in [4.78, 5) is 0. The van der Waals surface area contributed by atoms with Crippen molar-refractivity contribution in [2.75, 3.05) is 20.3 Å². The monoisotopic (exact) mass is 288 g/mol. The number of hydrogen-bond donors (Lipinski definition) is 1. The average Bonchev–Trinajstić information content (AvgIpc) is 2.84. The Bertz CT molecular complexity index is 566. The molecule has 1 heterocycles. The van der Waals surface area contributed by atoms with E-state index in [-0.39, 0.29) is 0 Å². The van der Waals surface area contributed by atoms with Crippen molar-refractivity contribution in [3.63, 3.8) is 0 Å². The molecule has 0 aliphatic heterocycles. The van der Waals surface area contributed by atoms with Crippen LogP contribution in [0.5, 0.6) is 0 Å². The van der Waals surface area contributed by atoms with Gasteiger partial charge in [0.2, 0.25) is 0 Å². The van der Waals surface area contributed by atoms with Crippen molar-refractivity contribution < 1.29 is 4.74 Å². The summed E-state index contributed by atoms with van der Waals surface area (Å²) in [5, 5.41) is 4.77. The summed E-state index contributed by atoms with van der Waals surface area (Å²) in [6.45, 7) is 10.5. The van der Waals surface area contributed by atoms with Crippen LogP contribution in [0.4, 0.5) is 0 Å². The first-order chi connectivity index (χ1) is 10.0. The van der Waals surface area contributed by atoms with E-state index in [4.69, 9.17) is 4.74 Å². The number of fused-ring (bicyclic) bond motifs is 1. The SMILES string of the molecule is COCCNCc1cccc2ccn(CCC(C)(C)C)c12. The second-order valence-electron chi connectivity index (χ2n) is 6.84. The van der Waals surface area contributed by atoms with E-state index in [0.717, 1.165) is 26.2 Å². The molecule has 2 aromatic rings. The van der Waals surface area contributed by atoms with Crippen molar-refractivity contribution in [1.82, 2.24) is 9.88 Å². The van der Waals surface area contributed by atoms with E-state index < -0.39 is 0 Å². The lowest BCUT2D eigenvalue weighted by Crippen LogP contribution is -2.19. The first-order valence-electron chi connectivity index (χ1n) is 7.78. The number of benzene rings is 1. The van der Waals surface area contributed by atoms with E-state index in [1.54, 1.807) is 7.11 Å². The molecule has 0 spiro atoms. The number of aryl methyl sites for hydroxylation is 1. The van der Waals surface area contributed by atoms with Crippen LogP contribution >= 0.6 is 0 Å². The zero-order chi connectivity index (χ0) is 15.3. The number of methoxy groups -OCH3 is 1. The Labute approximate surface area is 128 Å². The quantitative estimate of drug-likeness (QED) is 0.784. The van der Waals surface area contributed by atoms with Crippen LogP contribution in [0.1, 0.15) is 32.8 Å². The Kier molecular flexibility index (Phi) is 5.43. The first kappa shape index (κ1) is 16.1. The molecular formula is C18H28N2O. The molecule has 0 saturated carbocycles. The van der Waals surface area contributed by atoms with Gasteiger partial charge in [-0.2, -0.15) is 0 Å². The van der Waals surface area contributed by atoms with Crippen LogP contribution in [-0.2, 0) is 17.8 Å². The molecule has 1 N–H and O–H groups in total. The molecular weight excluding hydrogens is 260 g/mol. The summed E-state index contributed by atoms with van der Waals surface area (Å²) in [6, 6.07) is 8.78. The van der Waals surface area contributed by atoms with Crippen LogP contribution in [0.2, 0.25) is 0 Å². The van der Waals surface area contributed by atoms with E-state index in [9.17, 15) is 0 Å². The molecule has 1 aromatic carbocycles.